The van der Waals surface area contributed by atoms with Crippen LogP contribution in [0.5, 0.6) is 5.75 Å². The van der Waals surface area contributed by atoms with Crippen molar-refractivity contribution in [2.45, 2.75) is 45.8 Å². The summed E-state index contributed by atoms with van der Waals surface area (Å²) >= 11 is 0. The first-order chi connectivity index (χ1) is 8.10. The predicted octanol–water partition coefficient (Wildman–Crippen LogP) is 4.33. The van der Waals surface area contributed by atoms with Crippen molar-refractivity contribution in [3.05, 3.63) is 29.1 Å². The first kappa shape index (κ1) is 14.9. The summed E-state index contributed by atoms with van der Waals surface area (Å²) in [4.78, 5) is 11.0. The first-order valence-corrected chi connectivity index (χ1v) is 8.94. The third kappa shape index (κ3) is 2.80. The highest BCUT2D eigenvalue weighted by Crippen LogP contribution is 2.39. The van der Waals surface area contributed by atoms with Crippen LogP contribution >= 0.6 is 0 Å². The molecule has 0 amide bonds. The van der Waals surface area contributed by atoms with E-state index < -0.39 is 14.1 Å². The van der Waals surface area contributed by atoms with Gasteiger partial charge in [-0.3, -0.25) is 4.79 Å². The number of carbonyl (C=O) groups excluding carboxylic acids is 1. The van der Waals surface area contributed by atoms with Crippen molar-refractivity contribution in [2.24, 2.45) is 0 Å². The Balaban J connectivity index is 3.26. The smallest absolute Gasteiger partial charge is 0.250 e. The van der Waals surface area contributed by atoms with Crippen molar-refractivity contribution in [1.82, 2.24) is 0 Å². The highest BCUT2D eigenvalue weighted by Gasteiger charge is 2.40. The van der Waals surface area contributed by atoms with Gasteiger partial charge < -0.3 is 4.43 Å². The van der Waals surface area contributed by atoms with Gasteiger partial charge in [-0.05, 0) is 36.7 Å². The van der Waals surface area contributed by atoms with E-state index in [-0.39, 0.29) is 16.4 Å². The van der Waals surface area contributed by atoms with Crippen LogP contribution in [-0.2, 0) is 0 Å². The molecule has 0 saturated carbocycles. The number of aryl methyl sites for hydroxylation is 1. The molecule has 1 aromatic rings. The maximum atomic E-state index is 14.1. The summed E-state index contributed by atoms with van der Waals surface area (Å²) < 4.78 is 20.0. The quantitative estimate of drug-likeness (QED) is 0.602. The van der Waals surface area contributed by atoms with Gasteiger partial charge in [-0.1, -0.05) is 26.8 Å². The molecule has 0 heterocycles. The minimum atomic E-state index is -2.15. The van der Waals surface area contributed by atoms with E-state index in [0.29, 0.717) is 11.8 Å². The van der Waals surface area contributed by atoms with Crippen molar-refractivity contribution in [3.63, 3.8) is 0 Å². The number of carbonyl (C=O) groups is 1. The Morgan fingerprint density at radius 2 is 1.83 bits per heavy atom. The maximum absolute atomic E-state index is 14.1. The number of halogens is 1. The molecule has 0 aliphatic rings. The number of benzene rings is 1. The summed E-state index contributed by atoms with van der Waals surface area (Å²) in [5.74, 6) is -0.319. The Hall–Kier alpha value is -1.16. The molecule has 0 aliphatic carbocycles. The zero-order chi connectivity index (χ0) is 14.1. The van der Waals surface area contributed by atoms with Gasteiger partial charge in [0.05, 0.1) is 5.56 Å². The van der Waals surface area contributed by atoms with Gasteiger partial charge in [-0.25, -0.2) is 4.39 Å². The molecule has 0 radical (unpaired) electrons. The van der Waals surface area contributed by atoms with Crippen molar-refractivity contribution >= 4 is 14.6 Å². The van der Waals surface area contributed by atoms with Gasteiger partial charge in [-0.2, -0.15) is 0 Å². The van der Waals surface area contributed by atoms with Crippen LogP contribution in [0, 0.1) is 12.7 Å². The lowest BCUT2D eigenvalue weighted by atomic mass is 10.1. The SMILES string of the molecule is Cc1ccc(C=O)c(O[Si](C)(C)C(C)(C)C)c1F. The summed E-state index contributed by atoms with van der Waals surface area (Å²) in [6, 6.07) is 3.20. The second-order valence-corrected chi connectivity index (χ2v) is 10.8. The van der Waals surface area contributed by atoms with Crippen LogP contribution in [0.1, 0.15) is 36.7 Å². The normalized spacial score (nSPS) is 12.4. The first-order valence-electron chi connectivity index (χ1n) is 6.03. The second kappa shape index (κ2) is 4.84. The number of rotatable bonds is 3. The third-order valence-electron chi connectivity index (χ3n) is 3.61. The summed E-state index contributed by atoms with van der Waals surface area (Å²) in [6.45, 7) is 12.0. The lowest BCUT2D eigenvalue weighted by molar-refractivity contribution is 0.112. The van der Waals surface area contributed by atoms with E-state index in [1.54, 1.807) is 19.1 Å². The standard InChI is InChI=1S/C14H21FO2Si/c1-10-7-8-11(9-16)13(12(10)15)17-18(5,6)14(2,3)4/h7-9H,1-6H3. The number of hydrogen-bond donors (Lipinski definition) is 0. The highest BCUT2D eigenvalue weighted by atomic mass is 28.4. The molecule has 0 N–H and O–H groups in total. The summed E-state index contributed by atoms with van der Waals surface area (Å²) in [7, 11) is -2.15. The zero-order valence-corrected chi connectivity index (χ0v) is 12.9. The monoisotopic (exact) mass is 268 g/mol. The van der Waals surface area contributed by atoms with Gasteiger partial charge in [0.1, 0.15) is 0 Å². The van der Waals surface area contributed by atoms with Crippen molar-refractivity contribution in [1.29, 1.82) is 0 Å². The molecule has 0 atom stereocenters. The van der Waals surface area contributed by atoms with E-state index in [0.717, 1.165) is 0 Å². The average Bonchev–Trinajstić information content (AvgIpc) is 2.23. The third-order valence-corrected chi connectivity index (χ3v) is 7.94. The van der Waals surface area contributed by atoms with E-state index in [2.05, 4.69) is 20.8 Å². The van der Waals surface area contributed by atoms with Crippen LogP contribution in [0.25, 0.3) is 0 Å². The molecule has 0 aliphatic heterocycles. The summed E-state index contributed by atoms with van der Waals surface area (Å²) in [5, 5.41) is -0.0384. The largest absolute Gasteiger partial charge is 0.541 e. The van der Waals surface area contributed by atoms with Crippen molar-refractivity contribution in [2.75, 3.05) is 0 Å². The van der Waals surface area contributed by atoms with Crippen LogP contribution in [0.15, 0.2) is 12.1 Å². The molecular weight excluding hydrogens is 247 g/mol. The van der Waals surface area contributed by atoms with E-state index >= 15 is 0 Å². The maximum Gasteiger partial charge on any atom is 0.250 e. The molecule has 4 heteroatoms. The fourth-order valence-corrected chi connectivity index (χ4v) is 2.30. The second-order valence-electron chi connectivity index (χ2n) is 6.10. The molecule has 0 unspecified atom stereocenters. The van der Waals surface area contributed by atoms with Gasteiger partial charge in [0.2, 0.25) is 0 Å². The molecule has 0 fully saturated rings. The molecule has 18 heavy (non-hydrogen) atoms. The summed E-state index contributed by atoms with van der Waals surface area (Å²) in [5.41, 5.74) is 0.775. The van der Waals surface area contributed by atoms with E-state index in [1.165, 1.54) is 0 Å². The molecule has 2 nitrogen and oxygen atoms in total. The molecule has 0 aromatic heterocycles. The van der Waals surface area contributed by atoms with E-state index in [1.807, 2.05) is 13.1 Å². The lowest BCUT2D eigenvalue weighted by Gasteiger charge is -2.37. The molecule has 1 rings (SSSR count). The predicted molar refractivity (Wildman–Crippen MR) is 74.3 cm³/mol. The fraction of sp³-hybridized carbons (Fsp3) is 0.500. The average molecular weight is 268 g/mol. The van der Waals surface area contributed by atoms with Crippen LogP contribution in [0.4, 0.5) is 4.39 Å². The van der Waals surface area contributed by atoms with Gasteiger partial charge in [0, 0.05) is 0 Å². The Morgan fingerprint density at radius 3 is 2.28 bits per heavy atom. The van der Waals surface area contributed by atoms with Crippen molar-refractivity contribution in [3.8, 4) is 5.75 Å². The fourth-order valence-electron chi connectivity index (χ4n) is 1.27. The molecule has 0 spiro atoms. The molecule has 100 valence electrons. The zero-order valence-electron chi connectivity index (χ0n) is 11.9. The molecule has 0 bridgehead atoms. The van der Waals surface area contributed by atoms with Gasteiger partial charge in [0.15, 0.2) is 17.9 Å². The number of aldehydes is 1. The van der Waals surface area contributed by atoms with Crippen molar-refractivity contribution < 1.29 is 13.6 Å². The van der Waals surface area contributed by atoms with E-state index in [9.17, 15) is 9.18 Å². The Labute approximate surface area is 109 Å². The van der Waals surface area contributed by atoms with Gasteiger partial charge in [0.25, 0.3) is 8.32 Å². The number of hydrogen-bond acceptors (Lipinski definition) is 2. The minimum Gasteiger partial charge on any atom is -0.541 e. The minimum absolute atomic E-state index is 0.0384. The topological polar surface area (TPSA) is 26.3 Å². The molecular formula is C14H21FO2Si. The lowest BCUT2D eigenvalue weighted by Crippen LogP contribution is -2.44. The Bertz CT molecular complexity index is 462. The molecule has 1 aromatic carbocycles. The van der Waals surface area contributed by atoms with Crippen LogP contribution in [0.3, 0.4) is 0 Å². The van der Waals surface area contributed by atoms with Crippen LogP contribution in [-0.4, -0.2) is 14.6 Å². The van der Waals surface area contributed by atoms with Gasteiger partial charge in [-0.15, -0.1) is 0 Å². The molecule has 0 saturated heterocycles. The Kier molecular flexibility index (Phi) is 4.01. The highest BCUT2D eigenvalue weighted by molar-refractivity contribution is 6.74. The summed E-state index contributed by atoms with van der Waals surface area (Å²) in [6.07, 6.45) is 0.644. The van der Waals surface area contributed by atoms with Crippen LogP contribution in [0.2, 0.25) is 18.1 Å². The van der Waals surface area contributed by atoms with Gasteiger partial charge >= 0.3 is 0 Å². The Morgan fingerprint density at radius 1 is 1.28 bits per heavy atom. The van der Waals surface area contributed by atoms with Crippen LogP contribution < -0.4 is 4.43 Å². The van der Waals surface area contributed by atoms with E-state index in [4.69, 9.17) is 4.43 Å².